The summed E-state index contributed by atoms with van der Waals surface area (Å²) in [5, 5.41) is 1.13. The molecule has 2 aromatic carbocycles. The number of hydrogen-bond donors (Lipinski definition) is 0. The van der Waals surface area contributed by atoms with Gasteiger partial charge < -0.3 is 4.90 Å². The molecule has 0 bridgehead atoms. The molecule has 0 aromatic heterocycles. The summed E-state index contributed by atoms with van der Waals surface area (Å²) in [6, 6.07) is 10.6. The molecule has 1 amide bonds. The molecule has 1 atom stereocenters. The molecular formula is C21H24N2O5S2. The number of carbonyl (C=O) groups excluding carboxylic acids is 1. The van der Waals surface area contributed by atoms with Crippen LogP contribution in [0, 0.1) is 13.8 Å². The van der Waals surface area contributed by atoms with Crippen LogP contribution >= 0.6 is 0 Å². The molecule has 1 heterocycles. The van der Waals surface area contributed by atoms with Gasteiger partial charge in [0.2, 0.25) is 10.0 Å². The maximum Gasteiger partial charge on any atom is 0.258 e. The van der Waals surface area contributed by atoms with E-state index in [0.29, 0.717) is 5.69 Å². The van der Waals surface area contributed by atoms with E-state index in [1.54, 1.807) is 0 Å². The highest BCUT2D eigenvalue weighted by Crippen LogP contribution is 2.27. The third-order valence-electron chi connectivity index (χ3n) is 4.83. The van der Waals surface area contributed by atoms with Gasteiger partial charge in [0.05, 0.1) is 16.7 Å². The molecule has 0 aliphatic carbocycles. The van der Waals surface area contributed by atoms with Gasteiger partial charge in [-0.2, -0.15) is 0 Å². The predicted molar refractivity (Wildman–Crippen MR) is 117 cm³/mol. The van der Waals surface area contributed by atoms with Crippen LogP contribution in [0.15, 0.2) is 58.8 Å². The van der Waals surface area contributed by atoms with Gasteiger partial charge in [0.25, 0.3) is 5.91 Å². The van der Waals surface area contributed by atoms with Crippen molar-refractivity contribution in [3.63, 3.8) is 0 Å². The molecule has 1 aliphatic heterocycles. The third kappa shape index (κ3) is 4.48. The summed E-state index contributed by atoms with van der Waals surface area (Å²) in [7, 11) is -4.13. The molecule has 9 heteroatoms. The van der Waals surface area contributed by atoms with Crippen molar-refractivity contribution in [3.05, 3.63) is 70.6 Å². The van der Waals surface area contributed by atoms with Gasteiger partial charge in [0.1, 0.15) is 0 Å². The lowest BCUT2D eigenvalue weighted by molar-refractivity contribution is 0.0983. The monoisotopic (exact) mass is 448 g/mol. The lowest BCUT2D eigenvalue weighted by Crippen LogP contribution is -2.41. The van der Waals surface area contributed by atoms with E-state index in [9.17, 15) is 21.6 Å². The number of sulfonamides is 1. The van der Waals surface area contributed by atoms with Crippen LogP contribution in [0.1, 0.15) is 21.5 Å². The molecule has 0 unspecified atom stereocenters. The molecule has 2 aromatic rings. The van der Waals surface area contributed by atoms with E-state index in [0.717, 1.165) is 20.8 Å². The van der Waals surface area contributed by atoms with Crippen molar-refractivity contribution in [2.75, 3.05) is 24.7 Å². The number of anilines is 1. The summed E-state index contributed by atoms with van der Waals surface area (Å²) in [4.78, 5) is 14.9. The van der Waals surface area contributed by atoms with Gasteiger partial charge in [-0.1, -0.05) is 6.07 Å². The standard InChI is InChI=1S/C21H24N2O5S2/c1-15-11-16(2)13-19(12-15)23(18-9-10-29(25,26)14-18)21(24)17-5-7-20(8-6-17)30(27,28)22(3)4/h5-13,18H,14H2,1-4H3/t18-/m1/s1. The van der Waals surface area contributed by atoms with Crippen LogP contribution in [0.5, 0.6) is 0 Å². The minimum atomic E-state index is -3.62. The number of amides is 1. The highest BCUT2D eigenvalue weighted by molar-refractivity contribution is 7.94. The predicted octanol–water partition coefficient (Wildman–Crippen LogP) is 2.51. The molecule has 0 saturated heterocycles. The first kappa shape index (κ1) is 22.2. The number of nitrogens with zero attached hydrogens (tertiary/aromatic N) is 2. The molecular weight excluding hydrogens is 424 g/mol. The average Bonchev–Trinajstić information content (AvgIpc) is 3.00. The van der Waals surface area contributed by atoms with Crippen molar-refractivity contribution in [1.29, 1.82) is 0 Å². The van der Waals surface area contributed by atoms with Crippen LogP contribution in [0.2, 0.25) is 0 Å². The van der Waals surface area contributed by atoms with Gasteiger partial charge in [-0.05, 0) is 67.4 Å². The largest absolute Gasteiger partial charge is 0.300 e. The smallest absolute Gasteiger partial charge is 0.258 e. The van der Waals surface area contributed by atoms with E-state index in [4.69, 9.17) is 0 Å². The zero-order valence-corrected chi connectivity index (χ0v) is 18.9. The Kier molecular flexibility index (Phi) is 5.90. The zero-order valence-electron chi connectivity index (χ0n) is 17.2. The molecule has 1 aliphatic rings. The molecule has 0 spiro atoms. The van der Waals surface area contributed by atoms with Crippen molar-refractivity contribution >= 4 is 31.5 Å². The Morgan fingerprint density at radius 3 is 2.03 bits per heavy atom. The maximum absolute atomic E-state index is 13.4. The maximum atomic E-state index is 13.4. The van der Waals surface area contributed by atoms with Crippen molar-refractivity contribution in [2.45, 2.75) is 24.8 Å². The van der Waals surface area contributed by atoms with Crippen molar-refractivity contribution in [3.8, 4) is 0 Å². The second-order valence-electron chi connectivity index (χ2n) is 7.56. The van der Waals surface area contributed by atoms with Crippen LogP contribution in [0.25, 0.3) is 0 Å². The van der Waals surface area contributed by atoms with Gasteiger partial charge in [-0.25, -0.2) is 21.1 Å². The van der Waals surface area contributed by atoms with Crippen molar-refractivity contribution in [1.82, 2.24) is 4.31 Å². The summed E-state index contributed by atoms with van der Waals surface area (Å²) in [5.41, 5.74) is 2.75. The fourth-order valence-electron chi connectivity index (χ4n) is 3.39. The molecule has 30 heavy (non-hydrogen) atoms. The highest BCUT2D eigenvalue weighted by Gasteiger charge is 2.32. The minimum Gasteiger partial charge on any atom is -0.300 e. The number of carbonyl (C=O) groups is 1. The van der Waals surface area contributed by atoms with Gasteiger partial charge in [0.15, 0.2) is 9.84 Å². The fourth-order valence-corrected chi connectivity index (χ4v) is 5.56. The Morgan fingerprint density at radius 1 is 1.00 bits per heavy atom. The van der Waals surface area contributed by atoms with Crippen LogP contribution in [-0.4, -0.2) is 52.9 Å². The van der Waals surface area contributed by atoms with E-state index in [-0.39, 0.29) is 16.2 Å². The molecule has 0 fully saturated rings. The van der Waals surface area contributed by atoms with E-state index >= 15 is 0 Å². The quantitative estimate of drug-likeness (QED) is 0.701. The topological polar surface area (TPSA) is 91.8 Å². The Hall–Kier alpha value is -2.49. The van der Waals surface area contributed by atoms with Gasteiger partial charge >= 0.3 is 0 Å². The second kappa shape index (κ2) is 7.98. The van der Waals surface area contributed by atoms with E-state index in [1.807, 2.05) is 32.0 Å². The SMILES string of the molecule is Cc1cc(C)cc(N(C(=O)c2ccc(S(=O)(=O)N(C)C)cc2)[C@@H]2C=CS(=O)(=O)C2)c1. The number of aryl methyl sites for hydroxylation is 2. The summed E-state index contributed by atoms with van der Waals surface area (Å²) in [5.74, 6) is -0.598. The zero-order chi connectivity index (χ0) is 22.3. The third-order valence-corrected chi connectivity index (χ3v) is 8.03. The van der Waals surface area contributed by atoms with Gasteiger partial charge in [-0.15, -0.1) is 0 Å². The number of hydrogen-bond acceptors (Lipinski definition) is 5. The number of rotatable bonds is 5. The lowest BCUT2D eigenvalue weighted by Gasteiger charge is -2.28. The minimum absolute atomic E-state index is 0.0744. The van der Waals surface area contributed by atoms with Gasteiger partial charge in [0, 0.05) is 30.8 Å². The molecule has 7 nitrogen and oxygen atoms in total. The Bertz CT molecular complexity index is 1190. The van der Waals surface area contributed by atoms with Crippen molar-refractivity contribution in [2.24, 2.45) is 0 Å². The first-order valence-electron chi connectivity index (χ1n) is 9.26. The first-order valence-corrected chi connectivity index (χ1v) is 12.4. The van der Waals surface area contributed by atoms with E-state index in [2.05, 4.69) is 0 Å². The summed E-state index contributed by atoms with van der Waals surface area (Å²) in [6.07, 6.45) is 1.51. The summed E-state index contributed by atoms with van der Waals surface area (Å²) >= 11 is 0. The van der Waals surface area contributed by atoms with Crippen LogP contribution < -0.4 is 4.90 Å². The molecule has 3 rings (SSSR count). The Balaban J connectivity index is 2.04. The normalized spacial score (nSPS) is 18.0. The Morgan fingerprint density at radius 2 is 1.57 bits per heavy atom. The van der Waals surface area contributed by atoms with Crippen LogP contribution in [0.4, 0.5) is 5.69 Å². The van der Waals surface area contributed by atoms with Crippen LogP contribution in [-0.2, 0) is 19.9 Å². The fraction of sp³-hybridized carbons (Fsp3) is 0.286. The number of benzene rings is 2. The first-order chi connectivity index (χ1) is 13.9. The summed E-state index contributed by atoms with van der Waals surface area (Å²) in [6.45, 7) is 3.81. The highest BCUT2D eigenvalue weighted by atomic mass is 32.2. The lowest BCUT2D eigenvalue weighted by atomic mass is 10.1. The molecule has 0 radical (unpaired) electrons. The number of sulfone groups is 1. The van der Waals surface area contributed by atoms with E-state index in [1.165, 1.54) is 49.3 Å². The van der Waals surface area contributed by atoms with Gasteiger partial charge in [-0.3, -0.25) is 4.79 Å². The van der Waals surface area contributed by atoms with Crippen molar-refractivity contribution < 1.29 is 21.6 Å². The van der Waals surface area contributed by atoms with Crippen LogP contribution in [0.3, 0.4) is 0 Å². The molecule has 0 N–H and O–H groups in total. The summed E-state index contributed by atoms with van der Waals surface area (Å²) < 4.78 is 49.6. The molecule has 0 saturated carbocycles. The van der Waals surface area contributed by atoms with E-state index < -0.39 is 31.8 Å². The molecule has 160 valence electrons. The average molecular weight is 449 g/mol. The Labute approximate surface area is 177 Å². The second-order valence-corrected chi connectivity index (χ2v) is 11.6.